The molecule has 0 fully saturated rings. The molecule has 2 heterocycles. The normalized spacial score (nSPS) is 14.2. The molecule has 0 radical (unpaired) electrons. The molecule has 1 N–H and O–H groups in total. The summed E-state index contributed by atoms with van der Waals surface area (Å²) < 4.78 is 1.39. The molecule has 1 aliphatic rings. The number of benzene rings is 1. The SMILES string of the molecule is CCc1nc2sc3c(c2c(=O)n1N=Cc1ccc(C)cc1O)CCCC3. The Morgan fingerprint density at radius 2 is 2.15 bits per heavy atom. The lowest BCUT2D eigenvalue weighted by Gasteiger charge is -2.10. The lowest BCUT2D eigenvalue weighted by atomic mass is 9.97. The molecule has 1 aromatic carbocycles. The van der Waals surface area contributed by atoms with Crippen LogP contribution in [0, 0.1) is 6.92 Å². The monoisotopic (exact) mass is 367 g/mol. The summed E-state index contributed by atoms with van der Waals surface area (Å²) >= 11 is 1.65. The van der Waals surface area contributed by atoms with Crippen molar-refractivity contribution in [3.63, 3.8) is 0 Å². The van der Waals surface area contributed by atoms with Gasteiger partial charge in [-0.3, -0.25) is 4.79 Å². The molecule has 0 saturated carbocycles. The van der Waals surface area contributed by atoms with Gasteiger partial charge in [0, 0.05) is 16.9 Å². The van der Waals surface area contributed by atoms with Crippen molar-refractivity contribution in [3.05, 3.63) is 55.9 Å². The van der Waals surface area contributed by atoms with E-state index in [0.717, 1.165) is 35.0 Å². The smallest absolute Gasteiger partial charge is 0.283 e. The van der Waals surface area contributed by atoms with E-state index in [0.29, 0.717) is 17.8 Å². The van der Waals surface area contributed by atoms with Crippen LogP contribution in [0.4, 0.5) is 0 Å². The van der Waals surface area contributed by atoms with Gasteiger partial charge in [-0.25, -0.2) is 4.98 Å². The van der Waals surface area contributed by atoms with Gasteiger partial charge in [0.1, 0.15) is 16.4 Å². The summed E-state index contributed by atoms with van der Waals surface area (Å²) in [7, 11) is 0. The van der Waals surface area contributed by atoms with Crippen LogP contribution in [-0.4, -0.2) is 21.0 Å². The predicted molar refractivity (Wildman–Crippen MR) is 106 cm³/mol. The Labute approximate surface area is 155 Å². The molecule has 0 spiro atoms. The molecule has 134 valence electrons. The fourth-order valence-corrected chi connectivity index (χ4v) is 4.74. The Morgan fingerprint density at radius 1 is 1.35 bits per heavy atom. The van der Waals surface area contributed by atoms with Gasteiger partial charge >= 0.3 is 0 Å². The number of rotatable bonds is 3. The number of nitrogens with zero attached hydrogens (tertiary/aromatic N) is 3. The van der Waals surface area contributed by atoms with Crippen molar-refractivity contribution in [2.75, 3.05) is 0 Å². The molecule has 0 atom stereocenters. The lowest BCUT2D eigenvalue weighted by molar-refractivity contribution is 0.474. The molecule has 0 aliphatic heterocycles. The van der Waals surface area contributed by atoms with Crippen molar-refractivity contribution in [1.82, 2.24) is 9.66 Å². The highest BCUT2D eigenvalue weighted by molar-refractivity contribution is 7.18. The quantitative estimate of drug-likeness (QED) is 0.716. The van der Waals surface area contributed by atoms with Crippen molar-refractivity contribution in [2.45, 2.75) is 46.0 Å². The second-order valence-electron chi connectivity index (χ2n) is 6.70. The highest BCUT2D eigenvalue weighted by Gasteiger charge is 2.21. The molecule has 26 heavy (non-hydrogen) atoms. The molecular formula is C20H21N3O2S. The van der Waals surface area contributed by atoms with Crippen LogP contribution in [0.3, 0.4) is 0 Å². The van der Waals surface area contributed by atoms with E-state index in [1.165, 1.54) is 27.8 Å². The summed E-state index contributed by atoms with van der Waals surface area (Å²) in [5.74, 6) is 0.797. The van der Waals surface area contributed by atoms with Crippen LogP contribution in [0.5, 0.6) is 5.75 Å². The first-order valence-electron chi connectivity index (χ1n) is 8.98. The van der Waals surface area contributed by atoms with E-state index in [1.807, 2.05) is 19.9 Å². The summed E-state index contributed by atoms with van der Waals surface area (Å²) in [6, 6.07) is 5.38. The van der Waals surface area contributed by atoms with Crippen LogP contribution in [0.15, 0.2) is 28.1 Å². The van der Waals surface area contributed by atoms with E-state index < -0.39 is 0 Å². The van der Waals surface area contributed by atoms with Gasteiger partial charge in [0.25, 0.3) is 5.56 Å². The second-order valence-corrected chi connectivity index (χ2v) is 7.78. The molecule has 5 nitrogen and oxygen atoms in total. The number of phenols is 1. The van der Waals surface area contributed by atoms with E-state index in [2.05, 4.69) is 5.10 Å². The standard InChI is InChI=1S/C20H21N3O2S/c1-3-17-22-19-18(14-6-4-5-7-16(14)26-19)20(25)23(17)21-11-13-9-8-12(2)10-15(13)24/h8-11,24H,3-7H2,1-2H3. The summed E-state index contributed by atoms with van der Waals surface area (Å²) in [4.78, 5) is 20.0. The Morgan fingerprint density at radius 3 is 2.92 bits per heavy atom. The molecule has 0 unspecified atom stereocenters. The number of fused-ring (bicyclic) bond motifs is 3. The van der Waals surface area contributed by atoms with Crippen LogP contribution >= 0.6 is 11.3 Å². The van der Waals surface area contributed by atoms with Crippen LogP contribution in [0.1, 0.15) is 47.2 Å². The molecule has 0 saturated heterocycles. The van der Waals surface area contributed by atoms with Gasteiger partial charge in [0.2, 0.25) is 0 Å². The number of thiophene rings is 1. The largest absolute Gasteiger partial charge is 0.507 e. The number of phenolic OH excluding ortho intramolecular Hbond substituents is 1. The average Bonchev–Trinajstić information content (AvgIpc) is 3.00. The number of hydrogen-bond acceptors (Lipinski definition) is 5. The van der Waals surface area contributed by atoms with Crippen molar-refractivity contribution in [2.24, 2.45) is 5.10 Å². The minimum Gasteiger partial charge on any atom is -0.507 e. The lowest BCUT2D eigenvalue weighted by Crippen LogP contribution is -2.22. The van der Waals surface area contributed by atoms with Gasteiger partial charge in [-0.2, -0.15) is 9.78 Å². The van der Waals surface area contributed by atoms with Gasteiger partial charge in [-0.05, 0) is 55.9 Å². The van der Waals surface area contributed by atoms with Gasteiger partial charge in [-0.1, -0.05) is 13.0 Å². The number of aromatic hydroxyl groups is 1. The van der Waals surface area contributed by atoms with Crippen molar-refractivity contribution >= 4 is 27.8 Å². The van der Waals surface area contributed by atoms with Crippen LogP contribution < -0.4 is 5.56 Å². The van der Waals surface area contributed by atoms with Crippen LogP contribution in [0.25, 0.3) is 10.2 Å². The second kappa shape index (κ2) is 6.68. The number of aryl methyl sites for hydroxylation is 4. The molecule has 4 rings (SSSR count). The maximum Gasteiger partial charge on any atom is 0.283 e. The van der Waals surface area contributed by atoms with Crippen molar-refractivity contribution in [3.8, 4) is 5.75 Å². The average molecular weight is 367 g/mol. The van der Waals surface area contributed by atoms with E-state index in [9.17, 15) is 9.90 Å². The Hall–Kier alpha value is -2.47. The fraction of sp³-hybridized carbons (Fsp3) is 0.350. The first-order valence-corrected chi connectivity index (χ1v) is 9.80. The van der Waals surface area contributed by atoms with Crippen molar-refractivity contribution in [1.29, 1.82) is 0 Å². The van der Waals surface area contributed by atoms with E-state index in [4.69, 9.17) is 4.98 Å². The molecular weight excluding hydrogens is 346 g/mol. The van der Waals surface area contributed by atoms with E-state index in [1.54, 1.807) is 23.5 Å². The summed E-state index contributed by atoms with van der Waals surface area (Å²) in [6.45, 7) is 3.88. The zero-order valence-corrected chi connectivity index (χ0v) is 15.8. The van der Waals surface area contributed by atoms with E-state index in [-0.39, 0.29) is 11.3 Å². The van der Waals surface area contributed by atoms with Gasteiger partial charge in [-0.15, -0.1) is 11.3 Å². The Kier molecular flexibility index (Phi) is 4.36. The highest BCUT2D eigenvalue weighted by atomic mass is 32.1. The molecule has 0 amide bonds. The van der Waals surface area contributed by atoms with Crippen LogP contribution in [0.2, 0.25) is 0 Å². The number of aromatic nitrogens is 2. The van der Waals surface area contributed by atoms with Crippen molar-refractivity contribution < 1.29 is 5.11 Å². The first-order chi connectivity index (χ1) is 12.6. The first kappa shape index (κ1) is 17.0. The molecule has 6 heteroatoms. The maximum atomic E-state index is 13.2. The predicted octanol–water partition coefficient (Wildman–Crippen LogP) is 3.80. The zero-order valence-electron chi connectivity index (χ0n) is 15.0. The minimum atomic E-state index is -0.103. The third kappa shape index (κ3) is 2.84. The molecule has 3 aromatic rings. The number of hydrogen-bond donors (Lipinski definition) is 1. The van der Waals surface area contributed by atoms with Crippen LogP contribution in [-0.2, 0) is 19.3 Å². The molecule has 1 aliphatic carbocycles. The third-order valence-electron chi connectivity index (χ3n) is 4.85. The maximum absolute atomic E-state index is 13.2. The fourth-order valence-electron chi connectivity index (χ4n) is 3.47. The summed E-state index contributed by atoms with van der Waals surface area (Å²) in [5, 5.41) is 15.2. The Balaban J connectivity index is 1.87. The molecule has 2 aromatic heterocycles. The van der Waals surface area contributed by atoms with Gasteiger partial charge in [0.05, 0.1) is 11.6 Å². The zero-order chi connectivity index (χ0) is 18.3. The summed E-state index contributed by atoms with van der Waals surface area (Å²) in [6.07, 6.45) is 6.43. The van der Waals surface area contributed by atoms with E-state index >= 15 is 0 Å². The van der Waals surface area contributed by atoms with Gasteiger partial charge in [0.15, 0.2) is 0 Å². The summed E-state index contributed by atoms with van der Waals surface area (Å²) in [5.41, 5.74) is 2.61. The highest BCUT2D eigenvalue weighted by Crippen LogP contribution is 2.33. The Bertz CT molecular complexity index is 1080. The minimum absolute atomic E-state index is 0.103. The third-order valence-corrected chi connectivity index (χ3v) is 6.03. The topological polar surface area (TPSA) is 67.5 Å². The van der Waals surface area contributed by atoms with Gasteiger partial charge < -0.3 is 5.11 Å². The molecule has 0 bridgehead atoms.